The van der Waals surface area contributed by atoms with Crippen LogP contribution in [0.3, 0.4) is 0 Å². The average molecular weight is 338 g/mol. The molecule has 24 heavy (non-hydrogen) atoms. The van der Waals surface area contributed by atoms with Gasteiger partial charge in [0.05, 0.1) is 15.9 Å². The van der Waals surface area contributed by atoms with E-state index in [1.165, 1.54) is 6.07 Å². The van der Waals surface area contributed by atoms with Crippen LogP contribution in [0, 0.1) is 32.1 Å². The SMILES string of the molecule is C/C(=N\Nc1ccc([N+](=O)[O-])cc1[N+](=O)[O-])C(C)C(C)CC(=O)O. The number of carboxylic acid groups (broad SMARTS) is 1. The van der Waals surface area contributed by atoms with Crippen LogP contribution < -0.4 is 5.43 Å². The van der Waals surface area contributed by atoms with Crippen LogP contribution in [0.5, 0.6) is 0 Å². The Morgan fingerprint density at radius 1 is 1.29 bits per heavy atom. The summed E-state index contributed by atoms with van der Waals surface area (Å²) >= 11 is 0. The molecule has 0 bridgehead atoms. The van der Waals surface area contributed by atoms with E-state index in [0.29, 0.717) is 5.71 Å². The third-order valence-corrected chi connectivity index (χ3v) is 3.75. The van der Waals surface area contributed by atoms with Crippen molar-refractivity contribution in [1.29, 1.82) is 0 Å². The van der Waals surface area contributed by atoms with Gasteiger partial charge in [-0.3, -0.25) is 30.4 Å². The molecule has 0 saturated heterocycles. The highest BCUT2D eigenvalue weighted by molar-refractivity contribution is 5.85. The summed E-state index contributed by atoms with van der Waals surface area (Å²) in [5, 5.41) is 34.6. The number of hydrogen-bond donors (Lipinski definition) is 2. The molecule has 2 N–H and O–H groups in total. The molecule has 10 nitrogen and oxygen atoms in total. The second kappa shape index (κ2) is 7.99. The van der Waals surface area contributed by atoms with Gasteiger partial charge in [-0.05, 0) is 24.8 Å². The molecule has 130 valence electrons. The largest absolute Gasteiger partial charge is 0.481 e. The maximum Gasteiger partial charge on any atom is 0.303 e. The van der Waals surface area contributed by atoms with Crippen LogP contribution in [-0.4, -0.2) is 26.6 Å². The van der Waals surface area contributed by atoms with Gasteiger partial charge in [0.1, 0.15) is 5.69 Å². The molecule has 0 heterocycles. The summed E-state index contributed by atoms with van der Waals surface area (Å²) in [5.74, 6) is -1.24. The quantitative estimate of drug-likeness (QED) is 0.420. The first-order valence-electron chi connectivity index (χ1n) is 7.08. The number of carbonyl (C=O) groups is 1. The Kier molecular flexibility index (Phi) is 6.33. The Labute approximate surface area is 137 Å². The number of benzene rings is 1. The lowest BCUT2D eigenvalue weighted by Crippen LogP contribution is -2.20. The highest BCUT2D eigenvalue weighted by atomic mass is 16.6. The van der Waals surface area contributed by atoms with Crippen molar-refractivity contribution in [2.75, 3.05) is 5.43 Å². The van der Waals surface area contributed by atoms with Crippen LogP contribution in [0.4, 0.5) is 17.1 Å². The fourth-order valence-corrected chi connectivity index (χ4v) is 1.99. The standard InChI is InChI=1S/C14H18N4O6/c1-8(6-14(19)20)9(2)10(3)15-16-12-5-4-11(17(21)22)7-13(12)18(23)24/h4-5,7-9,16H,6H2,1-3H3,(H,19,20)/b15-10+. The van der Waals surface area contributed by atoms with Gasteiger partial charge in [0.15, 0.2) is 0 Å². The number of nitro groups is 2. The molecular weight excluding hydrogens is 320 g/mol. The summed E-state index contributed by atoms with van der Waals surface area (Å²) in [5.41, 5.74) is 2.25. The maximum atomic E-state index is 11.0. The lowest BCUT2D eigenvalue weighted by atomic mass is 9.89. The van der Waals surface area contributed by atoms with Gasteiger partial charge in [0.2, 0.25) is 0 Å². The number of aliphatic carboxylic acids is 1. The van der Waals surface area contributed by atoms with Gasteiger partial charge in [-0.25, -0.2) is 0 Å². The fraction of sp³-hybridized carbons (Fsp3) is 0.429. The molecule has 0 spiro atoms. The normalized spacial score (nSPS) is 13.9. The summed E-state index contributed by atoms with van der Waals surface area (Å²) in [6.07, 6.45) is -0.0221. The van der Waals surface area contributed by atoms with Crippen LogP contribution in [0.2, 0.25) is 0 Å². The van der Waals surface area contributed by atoms with Gasteiger partial charge >= 0.3 is 11.7 Å². The summed E-state index contributed by atoms with van der Waals surface area (Å²) in [4.78, 5) is 31.0. The average Bonchev–Trinajstić information content (AvgIpc) is 2.50. The van der Waals surface area contributed by atoms with E-state index < -0.39 is 27.2 Å². The maximum absolute atomic E-state index is 11.0. The number of nitrogens with one attached hydrogen (secondary N) is 1. The monoisotopic (exact) mass is 338 g/mol. The van der Waals surface area contributed by atoms with Crippen molar-refractivity contribution in [3.8, 4) is 0 Å². The molecule has 1 aromatic carbocycles. The predicted octanol–water partition coefficient (Wildman–Crippen LogP) is 3.04. The lowest BCUT2D eigenvalue weighted by Gasteiger charge is -2.18. The molecule has 0 radical (unpaired) electrons. The van der Waals surface area contributed by atoms with E-state index in [2.05, 4.69) is 10.5 Å². The minimum absolute atomic E-state index is 0.0167. The molecule has 2 unspecified atom stereocenters. The zero-order valence-corrected chi connectivity index (χ0v) is 13.4. The van der Waals surface area contributed by atoms with Gasteiger partial charge in [-0.15, -0.1) is 0 Å². The Bertz CT molecular complexity index is 688. The van der Waals surface area contributed by atoms with E-state index in [4.69, 9.17) is 5.11 Å². The third kappa shape index (κ3) is 5.00. The first kappa shape index (κ1) is 19.0. The molecule has 0 aliphatic rings. The van der Waals surface area contributed by atoms with Crippen LogP contribution in [-0.2, 0) is 4.79 Å². The topological polar surface area (TPSA) is 148 Å². The van der Waals surface area contributed by atoms with Crippen molar-refractivity contribution in [2.45, 2.75) is 27.2 Å². The summed E-state index contributed by atoms with van der Waals surface area (Å²) in [6.45, 7) is 5.25. The van der Waals surface area contributed by atoms with E-state index in [-0.39, 0.29) is 23.9 Å². The lowest BCUT2D eigenvalue weighted by molar-refractivity contribution is -0.393. The molecule has 2 atom stereocenters. The molecule has 0 fully saturated rings. The molecule has 0 aliphatic heterocycles. The molecule has 10 heteroatoms. The Balaban J connectivity index is 2.98. The van der Waals surface area contributed by atoms with Gasteiger partial charge in [0, 0.05) is 18.2 Å². The van der Waals surface area contributed by atoms with E-state index in [1.807, 2.05) is 0 Å². The molecule has 0 aliphatic carbocycles. The van der Waals surface area contributed by atoms with Crippen molar-refractivity contribution >= 4 is 28.7 Å². The van der Waals surface area contributed by atoms with Gasteiger partial charge in [-0.1, -0.05) is 13.8 Å². The first-order chi connectivity index (χ1) is 11.1. The van der Waals surface area contributed by atoms with Crippen LogP contribution >= 0.6 is 0 Å². The number of rotatable bonds is 8. The van der Waals surface area contributed by atoms with Crippen molar-refractivity contribution in [3.63, 3.8) is 0 Å². The first-order valence-corrected chi connectivity index (χ1v) is 7.08. The minimum Gasteiger partial charge on any atom is -0.481 e. The number of carboxylic acids is 1. The highest BCUT2D eigenvalue weighted by Crippen LogP contribution is 2.29. The molecule has 1 aromatic rings. The van der Waals surface area contributed by atoms with Crippen LogP contribution in [0.1, 0.15) is 27.2 Å². The van der Waals surface area contributed by atoms with Crippen molar-refractivity contribution in [3.05, 3.63) is 38.4 Å². The fourth-order valence-electron chi connectivity index (χ4n) is 1.99. The van der Waals surface area contributed by atoms with Crippen molar-refractivity contribution in [2.24, 2.45) is 16.9 Å². The number of hydrogen-bond acceptors (Lipinski definition) is 7. The third-order valence-electron chi connectivity index (χ3n) is 3.75. The van der Waals surface area contributed by atoms with E-state index in [0.717, 1.165) is 12.1 Å². The molecule has 1 rings (SSSR count). The summed E-state index contributed by atoms with van der Waals surface area (Å²) in [7, 11) is 0. The van der Waals surface area contributed by atoms with Crippen molar-refractivity contribution < 1.29 is 19.7 Å². The molecular formula is C14H18N4O6. The number of anilines is 1. The summed E-state index contributed by atoms with van der Waals surface area (Å²) < 4.78 is 0. The molecule has 0 saturated carbocycles. The van der Waals surface area contributed by atoms with E-state index >= 15 is 0 Å². The number of non-ortho nitro benzene ring substituents is 1. The van der Waals surface area contributed by atoms with Crippen LogP contribution in [0.15, 0.2) is 23.3 Å². The van der Waals surface area contributed by atoms with Gasteiger partial charge in [-0.2, -0.15) is 5.10 Å². The zero-order valence-electron chi connectivity index (χ0n) is 13.4. The zero-order chi connectivity index (χ0) is 18.4. The van der Waals surface area contributed by atoms with Gasteiger partial charge < -0.3 is 5.11 Å². The second-order valence-corrected chi connectivity index (χ2v) is 5.44. The van der Waals surface area contributed by atoms with Crippen LogP contribution in [0.25, 0.3) is 0 Å². The Hall–Kier alpha value is -3.04. The van der Waals surface area contributed by atoms with Gasteiger partial charge in [0.25, 0.3) is 5.69 Å². The molecule has 0 aromatic heterocycles. The van der Waals surface area contributed by atoms with E-state index in [9.17, 15) is 25.0 Å². The Morgan fingerprint density at radius 2 is 1.92 bits per heavy atom. The summed E-state index contributed by atoms with van der Waals surface area (Å²) in [6, 6.07) is 3.19. The number of nitro benzene ring substituents is 2. The minimum atomic E-state index is -0.916. The predicted molar refractivity (Wildman–Crippen MR) is 87.1 cm³/mol. The highest BCUT2D eigenvalue weighted by Gasteiger charge is 2.21. The van der Waals surface area contributed by atoms with E-state index in [1.54, 1.807) is 20.8 Å². The second-order valence-electron chi connectivity index (χ2n) is 5.44. The smallest absolute Gasteiger partial charge is 0.303 e. The molecule has 0 amide bonds. The number of nitrogens with zero attached hydrogens (tertiary/aromatic N) is 3. The number of hydrazone groups is 1. The Morgan fingerprint density at radius 3 is 2.42 bits per heavy atom. The van der Waals surface area contributed by atoms with Crippen molar-refractivity contribution in [1.82, 2.24) is 0 Å².